The number of piperidine rings is 1. The van der Waals surface area contributed by atoms with Gasteiger partial charge in [0, 0.05) is 24.5 Å². The number of rotatable bonds is 6. The number of carbonyl (C=O) groups excluding carboxylic acids is 1. The van der Waals surface area contributed by atoms with E-state index >= 15 is 0 Å². The Morgan fingerprint density at radius 2 is 1.59 bits per heavy atom. The summed E-state index contributed by atoms with van der Waals surface area (Å²) in [5.74, 6) is 1.27. The van der Waals surface area contributed by atoms with Gasteiger partial charge in [-0.1, -0.05) is 12.1 Å². The van der Waals surface area contributed by atoms with Gasteiger partial charge in [0.1, 0.15) is 11.5 Å². The van der Waals surface area contributed by atoms with Crippen LogP contribution >= 0.6 is 0 Å². The lowest BCUT2D eigenvalue weighted by Gasteiger charge is -2.28. The van der Waals surface area contributed by atoms with Crippen LogP contribution < -0.4 is 19.7 Å². The number of nitrogens with zero attached hydrogens (tertiary/aromatic N) is 1. The van der Waals surface area contributed by atoms with E-state index in [9.17, 15) is 4.79 Å². The Hall–Kier alpha value is -3.21. The number of benzene rings is 3. The van der Waals surface area contributed by atoms with Crippen molar-refractivity contribution in [3.63, 3.8) is 0 Å². The highest BCUT2D eigenvalue weighted by atomic mass is 16.5. The van der Waals surface area contributed by atoms with Crippen LogP contribution in [0, 0.1) is 0 Å². The lowest BCUT2D eigenvalue weighted by Crippen LogP contribution is -2.29. The fourth-order valence-electron chi connectivity index (χ4n) is 3.67. The fourth-order valence-corrected chi connectivity index (χ4v) is 3.67. The van der Waals surface area contributed by atoms with Crippen molar-refractivity contribution in [2.75, 3.05) is 37.0 Å². The molecule has 29 heavy (non-hydrogen) atoms. The highest BCUT2D eigenvalue weighted by Gasteiger charge is 2.11. The van der Waals surface area contributed by atoms with E-state index in [1.54, 1.807) is 7.11 Å². The van der Waals surface area contributed by atoms with Crippen LogP contribution in [-0.4, -0.2) is 32.7 Å². The van der Waals surface area contributed by atoms with Gasteiger partial charge in [0.25, 0.3) is 5.91 Å². The van der Waals surface area contributed by atoms with Crippen LogP contribution in [-0.2, 0) is 4.79 Å². The zero-order valence-corrected chi connectivity index (χ0v) is 16.7. The first kappa shape index (κ1) is 19.1. The summed E-state index contributed by atoms with van der Waals surface area (Å²) in [4.78, 5) is 14.7. The van der Waals surface area contributed by atoms with Crippen molar-refractivity contribution in [2.24, 2.45) is 0 Å². The Bertz CT molecular complexity index is 979. The van der Waals surface area contributed by atoms with Gasteiger partial charge < -0.3 is 19.7 Å². The summed E-state index contributed by atoms with van der Waals surface area (Å²) in [6, 6.07) is 19.7. The molecule has 0 atom stereocenters. The van der Waals surface area contributed by atoms with Crippen molar-refractivity contribution >= 4 is 28.1 Å². The Labute approximate surface area is 171 Å². The predicted octanol–water partition coefficient (Wildman–Crippen LogP) is 4.86. The van der Waals surface area contributed by atoms with Crippen molar-refractivity contribution < 1.29 is 14.3 Å². The van der Waals surface area contributed by atoms with E-state index in [-0.39, 0.29) is 12.5 Å². The van der Waals surface area contributed by atoms with Gasteiger partial charge in [-0.05, 0) is 78.6 Å². The van der Waals surface area contributed by atoms with Crippen molar-refractivity contribution in [1.82, 2.24) is 0 Å². The van der Waals surface area contributed by atoms with Gasteiger partial charge in [-0.3, -0.25) is 4.79 Å². The Morgan fingerprint density at radius 1 is 0.897 bits per heavy atom. The van der Waals surface area contributed by atoms with Gasteiger partial charge in [0.05, 0.1) is 7.11 Å². The quantitative estimate of drug-likeness (QED) is 0.653. The van der Waals surface area contributed by atoms with E-state index < -0.39 is 0 Å². The molecule has 1 amide bonds. The summed E-state index contributed by atoms with van der Waals surface area (Å²) < 4.78 is 10.9. The first-order valence-electron chi connectivity index (χ1n) is 10.1. The molecule has 0 unspecified atom stereocenters. The van der Waals surface area contributed by atoms with Crippen molar-refractivity contribution in [3.05, 3.63) is 60.7 Å². The molecule has 1 saturated heterocycles. The van der Waals surface area contributed by atoms with Gasteiger partial charge in [-0.2, -0.15) is 0 Å². The molecule has 150 valence electrons. The maximum Gasteiger partial charge on any atom is 0.262 e. The number of hydrogen-bond donors (Lipinski definition) is 1. The monoisotopic (exact) mass is 390 g/mol. The zero-order chi connectivity index (χ0) is 20.1. The van der Waals surface area contributed by atoms with E-state index in [1.807, 2.05) is 48.5 Å². The van der Waals surface area contributed by atoms with Crippen LogP contribution in [0.25, 0.3) is 10.8 Å². The second kappa shape index (κ2) is 8.86. The zero-order valence-electron chi connectivity index (χ0n) is 16.7. The van der Waals surface area contributed by atoms with Crippen LogP contribution in [0.1, 0.15) is 19.3 Å². The number of ether oxygens (including phenoxy) is 2. The van der Waals surface area contributed by atoms with Gasteiger partial charge >= 0.3 is 0 Å². The largest absolute Gasteiger partial charge is 0.497 e. The van der Waals surface area contributed by atoms with Crippen LogP contribution in [0.2, 0.25) is 0 Å². The molecule has 4 rings (SSSR count). The molecule has 0 radical (unpaired) electrons. The van der Waals surface area contributed by atoms with E-state index in [0.717, 1.165) is 35.3 Å². The van der Waals surface area contributed by atoms with Gasteiger partial charge in [-0.25, -0.2) is 0 Å². The lowest BCUT2D eigenvalue weighted by molar-refractivity contribution is -0.118. The molecule has 1 fully saturated rings. The molecule has 1 aliphatic heterocycles. The molecule has 0 aromatic heterocycles. The summed E-state index contributed by atoms with van der Waals surface area (Å²) >= 11 is 0. The third-order valence-corrected chi connectivity index (χ3v) is 5.26. The number of fused-ring (bicyclic) bond motifs is 1. The fraction of sp³-hybridized carbons (Fsp3) is 0.292. The maximum atomic E-state index is 12.3. The average molecular weight is 390 g/mol. The highest BCUT2D eigenvalue weighted by Crippen LogP contribution is 2.25. The SMILES string of the molecule is COc1ccc2ccc(OCC(=O)Nc3ccc(N4CCCCC4)cc3)cc2c1. The lowest BCUT2D eigenvalue weighted by atomic mass is 10.1. The van der Waals surface area contributed by atoms with Crippen LogP contribution in [0.15, 0.2) is 60.7 Å². The number of amides is 1. The summed E-state index contributed by atoms with van der Waals surface area (Å²) in [5.41, 5.74) is 1.99. The Morgan fingerprint density at radius 3 is 2.31 bits per heavy atom. The molecule has 1 aliphatic rings. The van der Waals surface area contributed by atoms with Crippen LogP contribution in [0.3, 0.4) is 0 Å². The maximum absolute atomic E-state index is 12.3. The summed E-state index contributed by atoms with van der Waals surface area (Å²) in [7, 11) is 1.64. The normalized spacial score (nSPS) is 13.9. The van der Waals surface area contributed by atoms with Crippen LogP contribution in [0.4, 0.5) is 11.4 Å². The molecule has 1 N–H and O–H groups in total. The Balaban J connectivity index is 1.33. The molecule has 3 aromatic rings. The first-order chi connectivity index (χ1) is 14.2. The molecule has 1 heterocycles. The van der Waals surface area contributed by atoms with Crippen molar-refractivity contribution in [1.29, 1.82) is 0 Å². The number of anilines is 2. The minimum Gasteiger partial charge on any atom is -0.497 e. The molecular formula is C24H26N2O3. The molecule has 3 aromatic carbocycles. The topological polar surface area (TPSA) is 50.8 Å². The van der Waals surface area contributed by atoms with Gasteiger partial charge in [0.15, 0.2) is 6.61 Å². The number of carbonyl (C=O) groups is 1. The highest BCUT2D eigenvalue weighted by molar-refractivity contribution is 5.92. The predicted molar refractivity (Wildman–Crippen MR) is 117 cm³/mol. The second-order valence-electron chi connectivity index (χ2n) is 7.31. The van der Waals surface area contributed by atoms with Crippen LogP contribution in [0.5, 0.6) is 11.5 Å². The molecule has 0 bridgehead atoms. The first-order valence-corrected chi connectivity index (χ1v) is 10.1. The molecule has 5 nitrogen and oxygen atoms in total. The molecule has 0 saturated carbocycles. The van der Waals surface area contributed by atoms with E-state index in [4.69, 9.17) is 9.47 Å². The second-order valence-corrected chi connectivity index (χ2v) is 7.31. The van der Waals surface area contributed by atoms with Gasteiger partial charge in [0.2, 0.25) is 0 Å². The molecule has 0 spiro atoms. The number of nitrogens with one attached hydrogen (secondary N) is 1. The smallest absolute Gasteiger partial charge is 0.262 e. The average Bonchev–Trinajstić information content (AvgIpc) is 2.78. The standard InChI is InChI=1S/C24H26N2O3/c1-28-22-11-5-18-6-12-23(16-19(18)15-22)29-17-24(27)25-20-7-9-21(10-8-20)26-13-3-2-4-14-26/h5-12,15-16H,2-4,13-14,17H2,1H3,(H,25,27). The van der Waals surface area contributed by atoms with E-state index in [0.29, 0.717) is 5.75 Å². The van der Waals surface area contributed by atoms with Crippen molar-refractivity contribution in [3.8, 4) is 11.5 Å². The number of hydrogen-bond acceptors (Lipinski definition) is 4. The van der Waals surface area contributed by atoms with E-state index in [1.165, 1.54) is 24.9 Å². The molecule has 5 heteroatoms. The number of methoxy groups -OCH3 is 1. The third kappa shape index (κ3) is 4.80. The minimum atomic E-state index is -0.179. The summed E-state index contributed by atoms with van der Waals surface area (Å²) in [5, 5.41) is 5.00. The summed E-state index contributed by atoms with van der Waals surface area (Å²) in [6.45, 7) is 2.18. The van der Waals surface area contributed by atoms with Gasteiger partial charge in [-0.15, -0.1) is 0 Å². The summed E-state index contributed by atoms with van der Waals surface area (Å²) in [6.07, 6.45) is 3.81. The molecule has 0 aliphatic carbocycles. The van der Waals surface area contributed by atoms with E-state index in [2.05, 4.69) is 22.3 Å². The molecular weight excluding hydrogens is 364 g/mol. The van der Waals surface area contributed by atoms with Crippen molar-refractivity contribution in [2.45, 2.75) is 19.3 Å². The third-order valence-electron chi connectivity index (χ3n) is 5.26. The Kier molecular flexibility index (Phi) is 5.84. The minimum absolute atomic E-state index is 0.0383.